The molecular formula is C13H27ClN2O. The van der Waals surface area contributed by atoms with Gasteiger partial charge in [0, 0.05) is 19.1 Å². The highest BCUT2D eigenvalue weighted by Gasteiger charge is 2.38. The summed E-state index contributed by atoms with van der Waals surface area (Å²) in [6, 6.07) is -0.0502. The highest BCUT2D eigenvalue weighted by Crippen LogP contribution is 2.37. The Bertz CT molecular complexity index is 252. The van der Waals surface area contributed by atoms with Crippen molar-refractivity contribution in [2.75, 3.05) is 13.1 Å². The summed E-state index contributed by atoms with van der Waals surface area (Å²) >= 11 is 0. The molecule has 0 aromatic carbocycles. The number of hydrogen-bond acceptors (Lipinski definition) is 2. The quantitative estimate of drug-likeness (QED) is 0.846. The van der Waals surface area contributed by atoms with Crippen molar-refractivity contribution in [3.05, 3.63) is 0 Å². The molecule has 4 heteroatoms. The van der Waals surface area contributed by atoms with Crippen LogP contribution < -0.4 is 5.73 Å². The van der Waals surface area contributed by atoms with Crippen LogP contribution in [0, 0.1) is 11.3 Å². The molecule has 1 saturated heterocycles. The molecular weight excluding hydrogens is 236 g/mol. The monoisotopic (exact) mass is 262 g/mol. The van der Waals surface area contributed by atoms with Gasteiger partial charge in [-0.05, 0) is 31.6 Å². The zero-order valence-electron chi connectivity index (χ0n) is 11.5. The highest BCUT2D eigenvalue weighted by atomic mass is 35.5. The topological polar surface area (TPSA) is 46.3 Å². The van der Waals surface area contributed by atoms with Crippen molar-refractivity contribution < 1.29 is 4.79 Å². The van der Waals surface area contributed by atoms with E-state index >= 15 is 0 Å². The number of carbonyl (C=O) groups is 1. The van der Waals surface area contributed by atoms with Gasteiger partial charge < -0.3 is 10.6 Å². The standard InChI is InChI=1S/C13H26N2O.ClH/c1-5-13(6-2)7-8-15(9-13)12(16)10(3)11(4)14;/h10-11H,5-9,14H2,1-4H3;1H. The van der Waals surface area contributed by atoms with Crippen LogP contribution in [0.15, 0.2) is 0 Å². The van der Waals surface area contributed by atoms with Crippen LogP contribution in [0.25, 0.3) is 0 Å². The number of hydrogen-bond donors (Lipinski definition) is 1. The average molecular weight is 263 g/mol. The second-order valence-electron chi connectivity index (χ2n) is 5.36. The van der Waals surface area contributed by atoms with E-state index in [-0.39, 0.29) is 30.3 Å². The molecule has 17 heavy (non-hydrogen) atoms. The van der Waals surface area contributed by atoms with Gasteiger partial charge in [0.25, 0.3) is 0 Å². The minimum atomic E-state index is -0.0514. The van der Waals surface area contributed by atoms with Gasteiger partial charge in [0.05, 0.1) is 5.92 Å². The van der Waals surface area contributed by atoms with E-state index in [1.54, 1.807) is 0 Å². The Morgan fingerprint density at radius 3 is 2.24 bits per heavy atom. The molecule has 2 unspecified atom stereocenters. The summed E-state index contributed by atoms with van der Waals surface area (Å²) in [5.74, 6) is 0.184. The van der Waals surface area contributed by atoms with Gasteiger partial charge in [-0.15, -0.1) is 12.4 Å². The first-order chi connectivity index (χ1) is 7.45. The molecule has 102 valence electrons. The van der Waals surface area contributed by atoms with E-state index in [9.17, 15) is 4.79 Å². The van der Waals surface area contributed by atoms with Crippen molar-refractivity contribution in [1.29, 1.82) is 0 Å². The van der Waals surface area contributed by atoms with Crippen molar-refractivity contribution in [3.63, 3.8) is 0 Å². The minimum absolute atomic E-state index is 0. The van der Waals surface area contributed by atoms with Crippen molar-refractivity contribution >= 4 is 18.3 Å². The predicted molar refractivity (Wildman–Crippen MR) is 74.3 cm³/mol. The van der Waals surface area contributed by atoms with Gasteiger partial charge in [0.1, 0.15) is 0 Å². The van der Waals surface area contributed by atoms with Crippen molar-refractivity contribution in [2.24, 2.45) is 17.1 Å². The lowest BCUT2D eigenvalue weighted by Gasteiger charge is -2.28. The smallest absolute Gasteiger partial charge is 0.226 e. The number of nitrogens with two attached hydrogens (primary N) is 1. The lowest BCUT2D eigenvalue weighted by atomic mass is 9.82. The molecule has 0 bridgehead atoms. The van der Waals surface area contributed by atoms with Gasteiger partial charge >= 0.3 is 0 Å². The number of nitrogens with zero attached hydrogens (tertiary/aromatic N) is 1. The van der Waals surface area contributed by atoms with E-state index in [1.165, 1.54) is 12.8 Å². The SMILES string of the molecule is CCC1(CC)CCN(C(=O)C(C)C(C)N)C1.Cl. The predicted octanol–water partition coefficient (Wildman–Crippen LogP) is 2.43. The van der Waals surface area contributed by atoms with Crippen LogP contribution in [-0.4, -0.2) is 29.9 Å². The number of amides is 1. The fourth-order valence-electron chi connectivity index (χ4n) is 2.46. The summed E-state index contributed by atoms with van der Waals surface area (Å²) in [5.41, 5.74) is 6.16. The maximum Gasteiger partial charge on any atom is 0.226 e. The van der Waals surface area contributed by atoms with Gasteiger partial charge in [-0.1, -0.05) is 20.8 Å². The second kappa shape index (κ2) is 6.60. The van der Waals surface area contributed by atoms with E-state index in [0.29, 0.717) is 5.41 Å². The van der Waals surface area contributed by atoms with E-state index in [1.807, 2.05) is 18.7 Å². The third-order valence-corrected chi connectivity index (χ3v) is 4.43. The lowest BCUT2D eigenvalue weighted by molar-refractivity contribution is -0.134. The molecule has 2 atom stereocenters. The van der Waals surface area contributed by atoms with E-state index in [0.717, 1.165) is 19.5 Å². The first-order valence-corrected chi connectivity index (χ1v) is 6.50. The average Bonchev–Trinajstić information content (AvgIpc) is 2.72. The van der Waals surface area contributed by atoms with Crippen molar-refractivity contribution in [1.82, 2.24) is 4.90 Å². The van der Waals surface area contributed by atoms with Crippen LogP contribution in [-0.2, 0) is 4.79 Å². The zero-order valence-corrected chi connectivity index (χ0v) is 12.3. The summed E-state index contributed by atoms with van der Waals surface area (Å²) in [6.45, 7) is 10.1. The lowest BCUT2D eigenvalue weighted by Crippen LogP contribution is -2.41. The molecule has 0 aromatic rings. The molecule has 3 nitrogen and oxygen atoms in total. The first kappa shape index (κ1) is 16.7. The maximum absolute atomic E-state index is 12.2. The normalized spacial score (nSPS) is 21.8. The molecule has 0 saturated carbocycles. The Balaban J connectivity index is 0.00000256. The molecule has 0 radical (unpaired) electrons. The van der Waals surface area contributed by atoms with Crippen molar-refractivity contribution in [3.8, 4) is 0 Å². The van der Waals surface area contributed by atoms with Crippen LogP contribution in [0.4, 0.5) is 0 Å². The van der Waals surface area contributed by atoms with Crippen LogP contribution in [0.3, 0.4) is 0 Å². The van der Waals surface area contributed by atoms with Crippen LogP contribution in [0.1, 0.15) is 47.0 Å². The Labute approximate surface area is 112 Å². The third-order valence-electron chi connectivity index (χ3n) is 4.43. The van der Waals surface area contributed by atoms with E-state index in [4.69, 9.17) is 5.73 Å². The Hall–Kier alpha value is -0.280. The molecule has 2 N–H and O–H groups in total. The van der Waals surface area contributed by atoms with Gasteiger partial charge in [0.15, 0.2) is 0 Å². The maximum atomic E-state index is 12.2. The molecule has 1 heterocycles. The molecule has 0 aliphatic carbocycles. The van der Waals surface area contributed by atoms with E-state index < -0.39 is 0 Å². The molecule has 1 aliphatic rings. The number of carbonyl (C=O) groups excluding carboxylic acids is 1. The Morgan fingerprint density at radius 2 is 1.88 bits per heavy atom. The van der Waals surface area contributed by atoms with Gasteiger partial charge in [-0.2, -0.15) is 0 Å². The summed E-state index contributed by atoms with van der Waals surface area (Å²) in [7, 11) is 0. The summed E-state index contributed by atoms with van der Waals surface area (Å²) < 4.78 is 0. The minimum Gasteiger partial charge on any atom is -0.342 e. The van der Waals surface area contributed by atoms with Crippen LogP contribution >= 0.6 is 12.4 Å². The first-order valence-electron chi connectivity index (χ1n) is 6.50. The Kier molecular flexibility index (Phi) is 6.49. The van der Waals surface area contributed by atoms with Gasteiger partial charge in [0.2, 0.25) is 5.91 Å². The highest BCUT2D eigenvalue weighted by molar-refractivity contribution is 5.85. The Morgan fingerprint density at radius 1 is 1.35 bits per heavy atom. The number of likely N-dealkylation sites (tertiary alicyclic amines) is 1. The van der Waals surface area contributed by atoms with Crippen LogP contribution in [0.2, 0.25) is 0 Å². The van der Waals surface area contributed by atoms with Gasteiger partial charge in [-0.25, -0.2) is 0 Å². The van der Waals surface area contributed by atoms with E-state index in [2.05, 4.69) is 13.8 Å². The number of rotatable bonds is 4. The van der Waals surface area contributed by atoms with Gasteiger partial charge in [-0.3, -0.25) is 4.79 Å². The van der Waals surface area contributed by atoms with Crippen LogP contribution in [0.5, 0.6) is 0 Å². The number of halogens is 1. The fraction of sp³-hybridized carbons (Fsp3) is 0.923. The largest absolute Gasteiger partial charge is 0.342 e. The van der Waals surface area contributed by atoms with Crippen molar-refractivity contribution in [2.45, 2.75) is 53.0 Å². The fourth-order valence-corrected chi connectivity index (χ4v) is 2.46. The molecule has 1 rings (SSSR count). The molecule has 1 fully saturated rings. The summed E-state index contributed by atoms with van der Waals surface area (Å²) in [4.78, 5) is 14.2. The zero-order chi connectivity index (χ0) is 12.3. The molecule has 1 amide bonds. The summed E-state index contributed by atoms with van der Waals surface area (Å²) in [5, 5.41) is 0. The second-order valence-corrected chi connectivity index (χ2v) is 5.36. The molecule has 1 aliphatic heterocycles. The molecule has 0 spiro atoms. The molecule has 0 aromatic heterocycles. The summed E-state index contributed by atoms with van der Waals surface area (Å²) in [6.07, 6.45) is 3.48. The third kappa shape index (κ3) is 3.59.